The van der Waals surface area contributed by atoms with Crippen LogP contribution in [0.15, 0.2) is 54.8 Å². The predicted octanol–water partition coefficient (Wildman–Crippen LogP) is 3.87. The minimum atomic E-state index is -0.663. The van der Waals surface area contributed by atoms with Gasteiger partial charge in [0.2, 0.25) is 11.8 Å². The second-order valence-electron chi connectivity index (χ2n) is 12.9. The van der Waals surface area contributed by atoms with E-state index in [9.17, 15) is 9.59 Å². The Morgan fingerprint density at radius 2 is 1.87 bits per heavy atom. The molecule has 4 aliphatic heterocycles. The molecule has 47 heavy (non-hydrogen) atoms. The van der Waals surface area contributed by atoms with Crippen molar-refractivity contribution >= 4 is 40.7 Å². The maximum Gasteiger partial charge on any atom is 0.413 e. The van der Waals surface area contributed by atoms with Gasteiger partial charge in [0.25, 0.3) is 0 Å². The number of carbonyl (C=O) groups excluding carboxylic acids is 2. The molecule has 3 fully saturated rings. The Hall–Kier alpha value is -4.55. The molecule has 1 spiro atoms. The average molecular weight is 641 g/mol. The number of nitrogen functional groups attached to an aromatic ring is 1. The van der Waals surface area contributed by atoms with Gasteiger partial charge >= 0.3 is 6.09 Å². The molecule has 2 amide bonds. The number of aromatic nitrogens is 1. The zero-order valence-electron chi connectivity index (χ0n) is 27.0. The third kappa shape index (κ3) is 6.79. The number of ether oxygens (including phenoxy) is 2. The van der Waals surface area contributed by atoms with Gasteiger partial charge in [-0.1, -0.05) is 24.8 Å². The molecule has 12 nitrogen and oxygen atoms in total. The van der Waals surface area contributed by atoms with Crippen LogP contribution in [0, 0.1) is 22.2 Å². The second-order valence-corrected chi connectivity index (χ2v) is 12.9. The summed E-state index contributed by atoms with van der Waals surface area (Å²) in [5, 5.41) is 19.1. The number of benzene rings is 1. The van der Waals surface area contributed by atoms with E-state index in [1.165, 1.54) is 12.6 Å². The Morgan fingerprint density at radius 3 is 2.57 bits per heavy atom. The molecular weight excluding hydrogens is 596 g/mol. The van der Waals surface area contributed by atoms with Crippen LogP contribution >= 0.6 is 0 Å². The van der Waals surface area contributed by atoms with Crippen LogP contribution < -0.4 is 16.0 Å². The molecule has 5 heterocycles. The first-order chi connectivity index (χ1) is 22.7. The molecule has 12 heteroatoms. The number of rotatable bonds is 8. The number of hydrogen-bond donors (Lipinski definition) is 4. The maximum atomic E-state index is 13.9. The summed E-state index contributed by atoms with van der Waals surface area (Å²) < 4.78 is 10.4. The molecule has 6 rings (SSSR count). The molecule has 248 valence electrons. The number of likely N-dealkylation sites (tertiary alicyclic amines) is 1. The fourth-order valence-corrected chi connectivity index (χ4v) is 7.13. The molecule has 2 aromatic rings. The lowest BCUT2D eigenvalue weighted by atomic mass is 9.85. The zero-order chi connectivity index (χ0) is 33.1. The number of carbonyl (C=O) groups is 2. The first kappa shape index (κ1) is 32.4. The van der Waals surface area contributed by atoms with Crippen LogP contribution in [0.1, 0.15) is 48.9 Å². The van der Waals surface area contributed by atoms with Crippen LogP contribution in [0.4, 0.5) is 16.3 Å². The highest BCUT2D eigenvalue weighted by molar-refractivity contribution is 6.04. The lowest BCUT2D eigenvalue weighted by Gasteiger charge is -2.32. The number of nitrogens with zero attached hydrogens (tertiary/aromatic N) is 4. The molecule has 0 radical (unpaired) electrons. The Labute approximate surface area is 275 Å². The SMILES string of the molecule is C=C(CN1CC[C@]2(CCN(c3ccc(N)c(C(=N)C4CCOCC4)n3)C2=O)C1)N1CC=C(c2ccc(C(=N)OC(=O)NC)cc2)CC1. The molecule has 3 saturated heterocycles. The van der Waals surface area contributed by atoms with Crippen LogP contribution in [0.5, 0.6) is 0 Å². The van der Waals surface area contributed by atoms with E-state index in [0.717, 1.165) is 63.0 Å². The summed E-state index contributed by atoms with van der Waals surface area (Å²) in [6.45, 7) is 10.2. The highest BCUT2D eigenvalue weighted by atomic mass is 16.6. The van der Waals surface area contributed by atoms with Gasteiger partial charge in [0.05, 0.1) is 16.8 Å². The van der Waals surface area contributed by atoms with Crippen LogP contribution in [-0.4, -0.2) is 97.9 Å². The number of hydrogen-bond acceptors (Lipinski definition) is 10. The molecule has 4 aliphatic rings. The molecule has 1 aromatic heterocycles. The summed E-state index contributed by atoms with van der Waals surface area (Å²) >= 11 is 0. The van der Waals surface area contributed by atoms with Gasteiger partial charge in [-0.2, -0.15) is 0 Å². The van der Waals surface area contributed by atoms with Gasteiger partial charge in [0, 0.05) is 70.2 Å². The summed E-state index contributed by atoms with van der Waals surface area (Å²) in [7, 11) is 1.46. The van der Waals surface area contributed by atoms with Crippen molar-refractivity contribution in [2.75, 3.05) is 70.2 Å². The van der Waals surface area contributed by atoms with E-state index in [1.54, 1.807) is 29.2 Å². The van der Waals surface area contributed by atoms with Gasteiger partial charge in [-0.05, 0) is 74.1 Å². The fraction of sp³-hybridized carbons (Fsp3) is 0.457. The molecule has 0 saturated carbocycles. The van der Waals surface area contributed by atoms with Crippen molar-refractivity contribution in [2.45, 2.75) is 32.1 Å². The Morgan fingerprint density at radius 1 is 1.13 bits per heavy atom. The van der Waals surface area contributed by atoms with Gasteiger partial charge in [-0.3, -0.25) is 20.0 Å². The third-order valence-electron chi connectivity index (χ3n) is 10.00. The lowest BCUT2D eigenvalue weighted by Crippen LogP contribution is -2.39. The largest absolute Gasteiger partial charge is 0.413 e. The van der Waals surface area contributed by atoms with E-state index in [4.69, 9.17) is 31.0 Å². The number of alkyl carbamates (subject to hydrolysis) is 1. The molecule has 0 bridgehead atoms. The smallest absolute Gasteiger partial charge is 0.397 e. The minimum Gasteiger partial charge on any atom is -0.397 e. The van der Waals surface area contributed by atoms with E-state index in [0.29, 0.717) is 61.3 Å². The number of pyridine rings is 1. The summed E-state index contributed by atoms with van der Waals surface area (Å²) in [6, 6.07) is 11.1. The normalized spacial score (nSPS) is 22.0. The van der Waals surface area contributed by atoms with Crippen molar-refractivity contribution in [1.29, 1.82) is 10.8 Å². The summed E-state index contributed by atoms with van der Waals surface area (Å²) in [5.74, 6) is 0.569. The van der Waals surface area contributed by atoms with Gasteiger partial charge in [0.15, 0.2) is 0 Å². The van der Waals surface area contributed by atoms with Crippen molar-refractivity contribution in [3.8, 4) is 0 Å². The topological polar surface area (TPSA) is 161 Å². The summed E-state index contributed by atoms with van der Waals surface area (Å²) in [5.41, 5.74) is 11.1. The van der Waals surface area contributed by atoms with Crippen LogP contribution in [0.3, 0.4) is 0 Å². The molecular formula is C35H44N8O4. The van der Waals surface area contributed by atoms with Crippen molar-refractivity contribution in [3.63, 3.8) is 0 Å². The first-order valence-corrected chi connectivity index (χ1v) is 16.4. The van der Waals surface area contributed by atoms with E-state index in [1.807, 2.05) is 12.1 Å². The van der Waals surface area contributed by atoms with Gasteiger partial charge in [0.1, 0.15) is 11.5 Å². The highest BCUT2D eigenvalue weighted by Crippen LogP contribution is 2.42. The zero-order valence-corrected chi connectivity index (χ0v) is 27.0. The van der Waals surface area contributed by atoms with Gasteiger partial charge in [-0.15, -0.1) is 0 Å². The molecule has 0 aliphatic carbocycles. The Balaban J connectivity index is 1.03. The monoisotopic (exact) mass is 640 g/mol. The predicted molar refractivity (Wildman–Crippen MR) is 182 cm³/mol. The summed E-state index contributed by atoms with van der Waals surface area (Å²) in [6.07, 6.45) is 5.57. The number of nitrogens with one attached hydrogen (secondary N) is 3. The van der Waals surface area contributed by atoms with E-state index in [-0.39, 0.29) is 17.7 Å². The number of nitrogens with two attached hydrogens (primary N) is 1. The van der Waals surface area contributed by atoms with E-state index >= 15 is 0 Å². The quantitative estimate of drug-likeness (QED) is 0.250. The molecule has 5 N–H and O–H groups in total. The van der Waals surface area contributed by atoms with Gasteiger partial charge < -0.3 is 30.8 Å². The van der Waals surface area contributed by atoms with Crippen LogP contribution in [0.2, 0.25) is 0 Å². The van der Waals surface area contributed by atoms with E-state index < -0.39 is 11.5 Å². The minimum absolute atomic E-state index is 0.0682. The van der Waals surface area contributed by atoms with Crippen LogP contribution in [-0.2, 0) is 14.3 Å². The third-order valence-corrected chi connectivity index (χ3v) is 10.00. The van der Waals surface area contributed by atoms with Gasteiger partial charge in [-0.25, -0.2) is 9.78 Å². The lowest BCUT2D eigenvalue weighted by molar-refractivity contribution is -0.125. The maximum absolute atomic E-state index is 13.9. The highest BCUT2D eigenvalue weighted by Gasteiger charge is 2.51. The molecule has 0 unspecified atom stereocenters. The number of amides is 2. The van der Waals surface area contributed by atoms with Crippen molar-refractivity contribution in [1.82, 2.24) is 20.1 Å². The van der Waals surface area contributed by atoms with Crippen LogP contribution in [0.25, 0.3) is 5.57 Å². The first-order valence-electron chi connectivity index (χ1n) is 16.4. The number of anilines is 2. The molecule has 1 aromatic carbocycles. The van der Waals surface area contributed by atoms with E-state index in [2.05, 4.69) is 27.8 Å². The second kappa shape index (κ2) is 13.7. The van der Waals surface area contributed by atoms with Crippen molar-refractivity contribution in [2.24, 2.45) is 11.3 Å². The standard InChI is InChI=1S/C35H44N8O4/c1-23(42-15-9-25(10-16-42)24-3-5-27(6-4-24)32(38)47-34(45)39-2)21-41-17-13-35(22-41)14-18-43(33(35)44)29-8-7-28(36)31(40-29)30(37)26-11-19-46-20-12-26/h3-9,26,37-38H,1,10-22,36H2,2H3,(H,39,45)/t35-/m0/s1. The Kier molecular flexibility index (Phi) is 9.42. The summed E-state index contributed by atoms with van der Waals surface area (Å²) in [4.78, 5) is 36.5. The molecule has 1 atom stereocenters. The average Bonchev–Trinajstić information content (AvgIpc) is 3.66. The Bertz CT molecular complexity index is 1600. The fourth-order valence-electron chi connectivity index (χ4n) is 7.13. The van der Waals surface area contributed by atoms with Crippen molar-refractivity contribution < 1.29 is 19.1 Å². The van der Waals surface area contributed by atoms with Crippen molar-refractivity contribution in [3.05, 3.63) is 71.6 Å².